The summed E-state index contributed by atoms with van der Waals surface area (Å²) in [5, 5.41) is 4.43. The van der Waals surface area contributed by atoms with Gasteiger partial charge in [-0.2, -0.15) is 0 Å². The summed E-state index contributed by atoms with van der Waals surface area (Å²) in [6.45, 7) is 5.97. The molecule has 0 aliphatic carbocycles. The molecule has 3 aromatic rings. The van der Waals surface area contributed by atoms with Gasteiger partial charge in [0.15, 0.2) is 0 Å². The van der Waals surface area contributed by atoms with Crippen molar-refractivity contribution in [2.75, 3.05) is 7.05 Å². The zero-order valence-corrected chi connectivity index (χ0v) is 12.7. The lowest BCUT2D eigenvalue weighted by atomic mass is 10.2. The van der Waals surface area contributed by atoms with Gasteiger partial charge in [0.2, 0.25) is 0 Å². The molecule has 0 fully saturated rings. The lowest BCUT2D eigenvalue weighted by molar-refractivity contribution is 0.563. The Labute approximate surface area is 124 Å². The molecule has 0 bridgehead atoms. The summed E-state index contributed by atoms with van der Waals surface area (Å²) < 4.78 is 4.41. The van der Waals surface area contributed by atoms with Crippen LogP contribution in [0.25, 0.3) is 11.0 Å². The molecule has 0 aliphatic rings. The normalized spacial score (nSPS) is 11.6. The lowest BCUT2D eigenvalue weighted by Crippen LogP contribution is -2.08. The second kappa shape index (κ2) is 5.69. The van der Waals surface area contributed by atoms with Crippen molar-refractivity contribution in [3.8, 4) is 0 Å². The molecule has 0 saturated carbocycles. The van der Waals surface area contributed by atoms with Gasteiger partial charge in [-0.3, -0.25) is 0 Å². The van der Waals surface area contributed by atoms with Gasteiger partial charge in [0.05, 0.1) is 18.6 Å². The first-order valence-corrected chi connectivity index (χ1v) is 7.28. The predicted octanol–water partition coefficient (Wildman–Crippen LogP) is 2.58. The smallest absolute Gasteiger partial charge is 0.140 e. The molecule has 1 N–H and O–H groups in total. The van der Waals surface area contributed by atoms with Gasteiger partial charge in [0, 0.05) is 36.6 Å². The Balaban J connectivity index is 2.02. The van der Waals surface area contributed by atoms with Gasteiger partial charge in [-0.1, -0.05) is 0 Å². The molecule has 0 radical (unpaired) electrons. The summed E-state index contributed by atoms with van der Waals surface area (Å²) in [5.74, 6) is 0. The molecule has 0 spiro atoms. The summed E-state index contributed by atoms with van der Waals surface area (Å²) in [7, 11) is 1.97. The number of imidazole rings is 1. The van der Waals surface area contributed by atoms with E-state index in [0.29, 0.717) is 6.04 Å². The van der Waals surface area contributed by atoms with Gasteiger partial charge in [0.1, 0.15) is 5.65 Å². The van der Waals surface area contributed by atoms with Crippen molar-refractivity contribution in [3.05, 3.63) is 48.3 Å². The Kier molecular flexibility index (Phi) is 3.75. The second-order valence-corrected chi connectivity index (χ2v) is 5.57. The number of nitrogens with zero attached hydrogens (tertiary/aromatic N) is 4. The van der Waals surface area contributed by atoms with E-state index in [0.717, 1.165) is 18.7 Å². The monoisotopic (exact) mass is 283 g/mol. The van der Waals surface area contributed by atoms with Gasteiger partial charge in [-0.25, -0.2) is 9.97 Å². The minimum Gasteiger partial charge on any atom is -0.330 e. The van der Waals surface area contributed by atoms with Crippen LogP contribution in [0.3, 0.4) is 0 Å². The van der Waals surface area contributed by atoms with E-state index in [1.165, 1.54) is 16.6 Å². The molecule has 0 atom stereocenters. The third-order valence-electron chi connectivity index (χ3n) is 3.72. The van der Waals surface area contributed by atoms with Crippen LogP contribution in [0, 0.1) is 0 Å². The topological polar surface area (TPSA) is 47.7 Å². The summed E-state index contributed by atoms with van der Waals surface area (Å²) in [5.41, 5.74) is 3.50. The van der Waals surface area contributed by atoms with Gasteiger partial charge in [0.25, 0.3) is 0 Å². The van der Waals surface area contributed by atoms with E-state index in [2.05, 4.69) is 50.5 Å². The maximum Gasteiger partial charge on any atom is 0.140 e. The Bertz CT molecular complexity index is 738. The van der Waals surface area contributed by atoms with Gasteiger partial charge < -0.3 is 14.5 Å². The molecule has 3 heterocycles. The van der Waals surface area contributed by atoms with Crippen LogP contribution in [-0.2, 0) is 13.1 Å². The van der Waals surface area contributed by atoms with E-state index < -0.39 is 0 Å². The zero-order valence-electron chi connectivity index (χ0n) is 12.7. The molecule has 0 unspecified atom stereocenters. The predicted molar refractivity (Wildman–Crippen MR) is 84.2 cm³/mol. The highest BCUT2D eigenvalue weighted by atomic mass is 15.1. The van der Waals surface area contributed by atoms with Crippen molar-refractivity contribution in [3.63, 3.8) is 0 Å². The fourth-order valence-corrected chi connectivity index (χ4v) is 2.74. The molecule has 0 aliphatic heterocycles. The summed E-state index contributed by atoms with van der Waals surface area (Å²) in [6.07, 6.45) is 7.87. The first-order chi connectivity index (χ1) is 10.2. The molecule has 3 aromatic heterocycles. The molecule has 0 aromatic carbocycles. The molecular formula is C16H21N5. The second-order valence-electron chi connectivity index (χ2n) is 5.57. The summed E-state index contributed by atoms with van der Waals surface area (Å²) >= 11 is 0. The molecule has 21 heavy (non-hydrogen) atoms. The molecule has 110 valence electrons. The summed E-state index contributed by atoms with van der Waals surface area (Å²) in [4.78, 5) is 8.82. The minimum atomic E-state index is 0.411. The van der Waals surface area contributed by atoms with E-state index in [4.69, 9.17) is 0 Å². The van der Waals surface area contributed by atoms with E-state index in [1.807, 2.05) is 31.8 Å². The number of nitrogens with one attached hydrogen (secondary N) is 1. The Morgan fingerprint density at radius 2 is 2.19 bits per heavy atom. The molecule has 5 nitrogen and oxygen atoms in total. The van der Waals surface area contributed by atoms with Crippen LogP contribution in [0.1, 0.15) is 31.1 Å². The zero-order chi connectivity index (χ0) is 14.8. The average molecular weight is 283 g/mol. The third-order valence-corrected chi connectivity index (χ3v) is 3.72. The van der Waals surface area contributed by atoms with Gasteiger partial charge in [-0.15, -0.1) is 0 Å². The standard InChI is InChI=1S/C16H21N5/c1-12(2)21-11-18-8-14(21)10-20-9-13(7-17-3)15-5-4-6-19-16(15)20/h4-6,8-9,11-12,17H,7,10H2,1-3H3. The Morgan fingerprint density at radius 3 is 2.95 bits per heavy atom. The van der Waals surface area contributed by atoms with Crippen LogP contribution in [0.4, 0.5) is 0 Å². The van der Waals surface area contributed by atoms with E-state index in [1.54, 1.807) is 0 Å². The maximum absolute atomic E-state index is 4.54. The van der Waals surface area contributed by atoms with Crippen LogP contribution in [0.5, 0.6) is 0 Å². The van der Waals surface area contributed by atoms with Crippen molar-refractivity contribution in [1.29, 1.82) is 0 Å². The number of hydrogen-bond donors (Lipinski definition) is 1. The lowest BCUT2D eigenvalue weighted by Gasteiger charge is -2.12. The highest BCUT2D eigenvalue weighted by molar-refractivity contribution is 5.80. The first-order valence-electron chi connectivity index (χ1n) is 7.28. The van der Waals surface area contributed by atoms with Crippen LogP contribution >= 0.6 is 0 Å². The Morgan fingerprint density at radius 1 is 1.33 bits per heavy atom. The van der Waals surface area contributed by atoms with Gasteiger partial charge >= 0.3 is 0 Å². The molecule has 0 amide bonds. The fraction of sp³-hybridized carbons (Fsp3) is 0.375. The SMILES string of the molecule is CNCc1cn(Cc2cncn2C(C)C)c2ncccc12. The highest BCUT2D eigenvalue weighted by Crippen LogP contribution is 2.21. The minimum absolute atomic E-state index is 0.411. The first kappa shape index (κ1) is 13.8. The van der Waals surface area contributed by atoms with E-state index in [-0.39, 0.29) is 0 Å². The van der Waals surface area contributed by atoms with Gasteiger partial charge in [-0.05, 0) is 38.6 Å². The van der Waals surface area contributed by atoms with Crippen molar-refractivity contribution in [2.45, 2.75) is 33.0 Å². The molecule has 0 saturated heterocycles. The third kappa shape index (κ3) is 2.56. The maximum atomic E-state index is 4.54. The van der Waals surface area contributed by atoms with E-state index in [9.17, 15) is 0 Å². The highest BCUT2D eigenvalue weighted by Gasteiger charge is 2.11. The molecular weight excluding hydrogens is 262 g/mol. The molecule has 5 heteroatoms. The number of hydrogen-bond acceptors (Lipinski definition) is 3. The van der Waals surface area contributed by atoms with Crippen molar-refractivity contribution in [2.24, 2.45) is 0 Å². The van der Waals surface area contributed by atoms with Crippen LogP contribution < -0.4 is 5.32 Å². The molecule has 3 rings (SSSR count). The van der Waals surface area contributed by atoms with Crippen molar-refractivity contribution in [1.82, 2.24) is 24.4 Å². The largest absolute Gasteiger partial charge is 0.330 e. The van der Waals surface area contributed by atoms with Crippen LogP contribution in [-0.4, -0.2) is 26.1 Å². The average Bonchev–Trinajstić information content (AvgIpc) is 3.06. The Hall–Kier alpha value is -2.14. The number of fused-ring (bicyclic) bond motifs is 1. The number of aromatic nitrogens is 4. The number of rotatable bonds is 5. The number of pyridine rings is 1. The van der Waals surface area contributed by atoms with Crippen molar-refractivity contribution >= 4 is 11.0 Å². The fourth-order valence-electron chi connectivity index (χ4n) is 2.74. The van der Waals surface area contributed by atoms with Crippen LogP contribution in [0.2, 0.25) is 0 Å². The summed E-state index contributed by atoms with van der Waals surface area (Å²) in [6, 6.07) is 4.53. The van der Waals surface area contributed by atoms with Crippen LogP contribution in [0.15, 0.2) is 37.1 Å². The van der Waals surface area contributed by atoms with E-state index >= 15 is 0 Å². The quantitative estimate of drug-likeness (QED) is 0.783. The van der Waals surface area contributed by atoms with Crippen molar-refractivity contribution < 1.29 is 0 Å².